The lowest BCUT2D eigenvalue weighted by Gasteiger charge is -2.34. The Hall–Kier alpha value is -3.74. The van der Waals surface area contributed by atoms with Gasteiger partial charge in [0.25, 0.3) is 0 Å². The molecular formula is C28H29F3N6O2S. The van der Waals surface area contributed by atoms with Gasteiger partial charge >= 0.3 is 12.2 Å². The highest BCUT2D eigenvalue weighted by Gasteiger charge is 2.34. The average Bonchev–Trinajstić information content (AvgIpc) is 3.28. The van der Waals surface area contributed by atoms with E-state index >= 15 is 0 Å². The fourth-order valence-corrected chi connectivity index (χ4v) is 5.49. The van der Waals surface area contributed by atoms with Gasteiger partial charge in [0.1, 0.15) is 0 Å². The van der Waals surface area contributed by atoms with Crippen LogP contribution in [0.15, 0.2) is 58.2 Å². The van der Waals surface area contributed by atoms with Gasteiger partial charge < -0.3 is 20.9 Å². The van der Waals surface area contributed by atoms with Gasteiger partial charge in [-0.05, 0) is 41.9 Å². The van der Waals surface area contributed by atoms with Crippen molar-refractivity contribution in [3.05, 3.63) is 69.9 Å². The Balaban J connectivity index is 1.27. The van der Waals surface area contributed by atoms with Gasteiger partial charge in [-0.25, -0.2) is 9.79 Å². The first-order valence-corrected chi connectivity index (χ1v) is 13.9. The van der Waals surface area contributed by atoms with Gasteiger partial charge in [-0.15, -0.1) is 11.3 Å². The molecule has 0 radical (unpaired) electrons. The van der Waals surface area contributed by atoms with Gasteiger partial charge in [-0.2, -0.15) is 13.2 Å². The lowest BCUT2D eigenvalue weighted by molar-refractivity contribution is -0.138. The number of carbonyl (C=O) groups excluding carboxylic acids is 2. The van der Waals surface area contributed by atoms with Crippen LogP contribution >= 0.6 is 11.3 Å². The normalized spacial score (nSPS) is 16.5. The van der Waals surface area contributed by atoms with Crippen molar-refractivity contribution in [2.24, 2.45) is 4.99 Å². The first-order chi connectivity index (χ1) is 19.2. The monoisotopic (exact) mass is 570 g/mol. The maximum atomic E-state index is 13.9. The summed E-state index contributed by atoms with van der Waals surface area (Å²) in [6.45, 7) is 6.26. The van der Waals surface area contributed by atoms with Gasteiger partial charge in [0, 0.05) is 54.9 Å². The van der Waals surface area contributed by atoms with Gasteiger partial charge in [0.15, 0.2) is 0 Å². The van der Waals surface area contributed by atoms with Crippen LogP contribution in [-0.2, 0) is 17.5 Å². The first kappa shape index (κ1) is 27.8. The lowest BCUT2D eigenvalue weighted by Crippen LogP contribution is -2.45. The number of hydrogen-bond donors (Lipinski definition) is 3. The molecule has 1 saturated heterocycles. The number of anilines is 3. The number of piperazine rings is 1. The van der Waals surface area contributed by atoms with Gasteiger partial charge in [-0.3, -0.25) is 9.69 Å². The number of fused-ring (bicyclic) bond motifs is 1. The van der Waals surface area contributed by atoms with E-state index < -0.39 is 17.8 Å². The summed E-state index contributed by atoms with van der Waals surface area (Å²) in [6.07, 6.45) is -4.49. The topological polar surface area (TPSA) is 89.1 Å². The zero-order chi connectivity index (χ0) is 28.3. The van der Waals surface area contributed by atoms with Crippen LogP contribution in [0.25, 0.3) is 0 Å². The molecule has 0 unspecified atom stereocenters. The average molecular weight is 571 g/mol. The summed E-state index contributed by atoms with van der Waals surface area (Å²) in [5, 5.41) is 11.6. The second kappa shape index (κ2) is 11.8. The van der Waals surface area contributed by atoms with E-state index in [1.54, 1.807) is 24.3 Å². The van der Waals surface area contributed by atoms with Gasteiger partial charge in [-0.1, -0.05) is 25.1 Å². The minimum absolute atomic E-state index is 0.0373. The lowest BCUT2D eigenvalue weighted by atomic mass is 10.0. The predicted octanol–water partition coefficient (Wildman–Crippen LogP) is 6.01. The number of carbonyl (C=O) groups is 2. The van der Waals surface area contributed by atoms with E-state index in [1.807, 2.05) is 15.7 Å². The zero-order valence-corrected chi connectivity index (χ0v) is 22.7. The summed E-state index contributed by atoms with van der Waals surface area (Å²) in [7, 11) is 0. The van der Waals surface area contributed by atoms with Crippen LogP contribution in [0, 0.1) is 0 Å². The number of benzene rings is 2. The number of nitrogens with zero attached hydrogens (tertiary/aromatic N) is 3. The summed E-state index contributed by atoms with van der Waals surface area (Å²) in [4.78, 5) is 33.9. The SMILES string of the molecule is CCN1CCN(Cc2ccc(NC(=O)Nc3cccc(C4=Nc5cscc5NC(=O)C4)c3)cc2C(F)(F)F)CC1. The smallest absolute Gasteiger partial charge is 0.323 e. The molecule has 210 valence electrons. The third-order valence-corrected chi connectivity index (χ3v) is 7.66. The molecule has 1 aromatic heterocycles. The number of alkyl halides is 3. The third-order valence-electron chi connectivity index (χ3n) is 6.93. The fraction of sp³-hybridized carbons (Fsp3) is 0.321. The maximum absolute atomic E-state index is 13.9. The van der Waals surface area contributed by atoms with Crippen molar-refractivity contribution < 1.29 is 22.8 Å². The predicted molar refractivity (Wildman–Crippen MR) is 152 cm³/mol. The van der Waals surface area contributed by atoms with E-state index in [9.17, 15) is 22.8 Å². The van der Waals surface area contributed by atoms with E-state index in [4.69, 9.17) is 0 Å². The largest absolute Gasteiger partial charge is 0.416 e. The summed E-state index contributed by atoms with van der Waals surface area (Å²) < 4.78 is 41.8. The Morgan fingerprint density at radius 1 is 1.02 bits per heavy atom. The summed E-state index contributed by atoms with van der Waals surface area (Å²) in [5.41, 5.74) is 2.37. The number of nitrogens with one attached hydrogen (secondary N) is 3. The first-order valence-electron chi connectivity index (χ1n) is 12.9. The van der Waals surface area contributed by atoms with Crippen molar-refractivity contribution >= 4 is 51.7 Å². The molecule has 2 aliphatic rings. The summed E-state index contributed by atoms with van der Waals surface area (Å²) in [6, 6.07) is 10.0. The molecule has 3 heterocycles. The molecule has 5 rings (SSSR count). The van der Waals surface area contributed by atoms with Crippen LogP contribution in [0.4, 0.5) is 40.7 Å². The standard InChI is InChI=1S/C28H29F3N6O2S/c1-2-36-8-10-37(11-9-36)15-19-6-7-21(13-22(19)28(29,30)31)33-27(39)32-20-5-3-4-18(12-20)23-14-26(38)35-25-17-40-16-24(25)34-23/h3-7,12-13,16-17H,2,8-11,14-15H2,1H3,(H,35,38)(H2,32,33,39). The quantitative estimate of drug-likeness (QED) is 0.339. The molecule has 2 aliphatic heterocycles. The number of rotatable bonds is 6. The molecule has 12 heteroatoms. The number of amides is 3. The molecule has 40 heavy (non-hydrogen) atoms. The summed E-state index contributed by atoms with van der Waals surface area (Å²) >= 11 is 1.43. The molecule has 0 bridgehead atoms. The molecule has 0 saturated carbocycles. The molecule has 0 atom stereocenters. The van der Waals surface area contributed by atoms with Crippen molar-refractivity contribution in [2.45, 2.75) is 26.1 Å². The number of urea groups is 1. The maximum Gasteiger partial charge on any atom is 0.416 e. The molecule has 2 aromatic carbocycles. The second-order valence-corrected chi connectivity index (χ2v) is 10.4. The highest BCUT2D eigenvalue weighted by atomic mass is 32.1. The molecular weight excluding hydrogens is 541 g/mol. The summed E-state index contributed by atoms with van der Waals surface area (Å²) in [5.74, 6) is -0.195. The number of likely N-dealkylation sites (N-methyl/N-ethyl adjacent to an activating group) is 1. The van der Waals surface area contributed by atoms with Crippen molar-refractivity contribution in [3.8, 4) is 0 Å². The molecule has 3 aromatic rings. The Labute approximate surface area is 233 Å². The van der Waals surface area contributed by atoms with Crippen LogP contribution in [-0.4, -0.2) is 60.2 Å². The molecule has 3 amide bonds. The van der Waals surface area contributed by atoms with Crippen molar-refractivity contribution in [1.82, 2.24) is 9.80 Å². The molecule has 0 spiro atoms. The van der Waals surface area contributed by atoms with E-state index in [-0.39, 0.29) is 30.1 Å². The van der Waals surface area contributed by atoms with Crippen LogP contribution in [0.5, 0.6) is 0 Å². The Morgan fingerprint density at radius 2 is 1.75 bits per heavy atom. The van der Waals surface area contributed by atoms with Gasteiger partial charge in [0.05, 0.1) is 29.1 Å². The number of thiophene rings is 1. The number of aliphatic imine (C=N–C) groups is 1. The number of hydrogen-bond acceptors (Lipinski definition) is 6. The Morgan fingerprint density at radius 3 is 2.48 bits per heavy atom. The number of halogens is 3. The van der Waals surface area contributed by atoms with E-state index in [0.29, 0.717) is 41.4 Å². The van der Waals surface area contributed by atoms with Gasteiger partial charge in [0.2, 0.25) is 5.91 Å². The molecule has 3 N–H and O–H groups in total. The van der Waals surface area contributed by atoms with Crippen LogP contribution in [0.3, 0.4) is 0 Å². The van der Waals surface area contributed by atoms with E-state index in [1.165, 1.54) is 23.5 Å². The Kier molecular flexibility index (Phi) is 8.19. The Bertz CT molecular complexity index is 1430. The second-order valence-electron chi connectivity index (χ2n) is 9.69. The molecule has 8 nitrogen and oxygen atoms in total. The molecule has 1 fully saturated rings. The highest BCUT2D eigenvalue weighted by Crippen LogP contribution is 2.35. The highest BCUT2D eigenvalue weighted by molar-refractivity contribution is 7.09. The molecule has 0 aliphatic carbocycles. The van der Waals surface area contributed by atoms with Crippen LogP contribution in [0.1, 0.15) is 30.0 Å². The van der Waals surface area contributed by atoms with Crippen LogP contribution < -0.4 is 16.0 Å². The van der Waals surface area contributed by atoms with Crippen LogP contribution in [0.2, 0.25) is 0 Å². The van der Waals surface area contributed by atoms with Crippen molar-refractivity contribution in [2.75, 3.05) is 48.7 Å². The fourth-order valence-electron chi connectivity index (χ4n) is 4.80. The van der Waals surface area contributed by atoms with Crippen molar-refractivity contribution in [1.29, 1.82) is 0 Å². The van der Waals surface area contributed by atoms with E-state index in [2.05, 4.69) is 32.8 Å². The van der Waals surface area contributed by atoms with Crippen molar-refractivity contribution in [3.63, 3.8) is 0 Å². The van der Waals surface area contributed by atoms with E-state index in [0.717, 1.165) is 25.7 Å². The third kappa shape index (κ3) is 6.69. The minimum atomic E-state index is -4.56. The zero-order valence-electron chi connectivity index (χ0n) is 21.8. The minimum Gasteiger partial charge on any atom is -0.323 e.